The van der Waals surface area contributed by atoms with Crippen LogP contribution < -0.4 is 20.1 Å². The molecule has 1 aromatic carbocycles. The van der Waals surface area contributed by atoms with Gasteiger partial charge in [-0.2, -0.15) is 0 Å². The van der Waals surface area contributed by atoms with Gasteiger partial charge in [-0.05, 0) is 19.9 Å². The fraction of sp³-hybridized carbons (Fsp3) is 0.500. The van der Waals surface area contributed by atoms with Crippen LogP contribution in [0.3, 0.4) is 0 Å². The number of ether oxygens (including phenoxy) is 2. The predicted octanol–water partition coefficient (Wildman–Crippen LogP) is 2.40. The molecule has 0 unspecified atom stereocenters. The van der Waals surface area contributed by atoms with Crippen LogP contribution in [0.1, 0.15) is 19.4 Å². The molecule has 114 valence electrons. The maximum atomic E-state index is 5.38. The molecule has 0 heterocycles. The third-order valence-corrected chi connectivity index (χ3v) is 2.58. The average Bonchev–Trinajstić information content (AvgIpc) is 2.44. The highest BCUT2D eigenvalue weighted by Gasteiger charge is 2.08. The largest absolute Gasteiger partial charge is 0.493 e. The summed E-state index contributed by atoms with van der Waals surface area (Å²) in [5, 5.41) is 6.37. The number of hydrogen-bond donors (Lipinski definition) is 2. The summed E-state index contributed by atoms with van der Waals surface area (Å²) in [6, 6.07) is 5.80. The Labute approximate surface area is 138 Å². The second-order valence-corrected chi connectivity index (χ2v) is 3.88. The topological polar surface area (TPSA) is 54.9 Å². The molecule has 0 fully saturated rings. The Kier molecular flexibility index (Phi) is 9.96. The normalized spacial score (nSPS) is 9.20. The van der Waals surface area contributed by atoms with E-state index in [2.05, 4.69) is 15.6 Å². The summed E-state index contributed by atoms with van der Waals surface area (Å²) in [7, 11) is 3.27. The molecule has 0 aliphatic rings. The van der Waals surface area contributed by atoms with Crippen LogP contribution in [0.5, 0.6) is 11.5 Å². The second-order valence-electron chi connectivity index (χ2n) is 3.88. The third-order valence-electron chi connectivity index (χ3n) is 2.58. The lowest BCUT2D eigenvalue weighted by Crippen LogP contribution is -2.36. The Morgan fingerprint density at radius 2 is 1.75 bits per heavy atom. The van der Waals surface area contributed by atoms with E-state index in [-0.39, 0.29) is 24.0 Å². The number of benzene rings is 1. The molecular formula is C14H24IN3O2. The number of para-hydroxylation sites is 1. The number of rotatable bonds is 6. The van der Waals surface area contributed by atoms with Gasteiger partial charge in [-0.15, -0.1) is 24.0 Å². The Balaban J connectivity index is 0.00000361. The van der Waals surface area contributed by atoms with Gasteiger partial charge in [0, 0.05) is 18.7 Å². The van der Waals surface area contributed by atoms with Crippen molar-refractivity contribution in [1.29, 1.82) is 0 Å². The van der Waals surface area contributed by atoms with Crippen molar-refractivity contribution in [3.8, 4) is 11.5 Å². The molecule has 0 bridgehead atoms. The van der Waals surface area contributed by atoms with Gasteiger partial charge in [0.2, 0.25) is 0 Å². The lowest BCUT2D eigenvalue weighted by Gasteiger charge is -2.12. The highest BCUT2D eigenvalue weighted by Crippen LogP contribution is 2.30. The van der Waals surface area contributed by atoms with Crippen molar-refractivity contribution >= 4 is 29.9 Å². The molecule has 5 nitrogen and oxygen atoms in total. The van der Waals surface area contributed by atoms with Gasteiger partial charge in [0.1, 0.15) is 0 Å². The average molecular weight is 393 g/mol. The van der Waals surface area contributed by atoms with Gasteiger partial charge in [-0.25, -0.2) is 4.99 Å². The molecule has 0 aliphatic carbocycles. The SMILES string of the molecule is CCNC(=NCc1cccc(OC)c1OC)NCC.I. The van der Waals surface area contributed by atoms with E-state index in [9.17, 15) is 0 Å². The van der Waals surface area contributed by atoms with E-state index >= 15 is 0 Å². The molecule has 0 radical (unpaired) electrons. The number of aliphatic imine (C=N–C) groups is 1. The molecule has 0 atom stereocenters. The van der Waals surface area contributed by atoms with E-state index in [0.29, 0.717) is 6.54 Å². The summed E-state index contributed by atoms with van der Waals surface area (Å²) in [5.41, 5.74) is 0.996. The van der Waals surface area contributed by atoms with Crippen molar-refractivity contribution in [2.45, 2.75) is 20.4 Å². The Morgan fingerprint density at radius 3 is 2.25 bits per heavy atom. The highest BCUT2D eigenvalue weighted by molar-refractivity contribution is 14.0. The fourth-order valence-corrected chi connectivity index (χ4v) is 1.75. The molecular weight excluding hydrogens is 369 g/mol. The molecule has 1 aromatic rings. The number of methoxy groups -OCH3 is 2. The van der Waals surface area contributed by atoms with E-state index in [1.54, 1.807) is 14.2 Å². The van der Waals surface area contributed by atoms with Crippen LogP contribution in [-0.4, -0.2) is 33.3 Å². The van der Waals surface area contributed by atoms with E-state index in [1.165, 1.54) is 0 Å². The number of guanidine groups is 1. The Morgan fingerprint density at radius 1 is 1.10 bits per heavy atom. The minimum atomic E-state index is 0. The highest BCUT2D eigenvalue weighted by atomic mass is 127. The van der Waals surface area contributed by atoms with Gasteiger partial charge in [0.05, 0.1) is 20.8 Å². The van der Waals surface area contributed by atoms with Gasteiger partial charge in [0.25, 0.3) is 0 Å². The second kappa shape index (κ2) is 10.6. The monoisotopic (exact) mass is 393 g/mol. The minimum absolute atomic E-state index is 0. The summed E-state index contributed by atoms with van der Waals surface area (Å²) in [5.74, 6) is 2.26. The maximum absolute atomic E-state index is 5.38. The fourth-order valence-electron chi connectivity index (χ4n) is 1.75. The lowest BCUT2D eigenvalue weighted by molar-refractivity contribution is 0.352. The molecule has 0 saturated heterocycles. The first-order valence-corrected chi connectivity index (χ1v) is 6.48. The lowest BCUT2D eigenvalue weighted by atomic mass is 10.2. The number of hydrogen-bond acceptors (Lipinski definition) is 3. The van der Waals surface area contributed by atoms with Crippen LogP contribution in [0, 0.1) is 0 Å². The van der Waals surface area contributed by atoms with Crippen LogP contribution in [0.15, 0.2) is 23.2 Å². The minimum Gasteiger partial charge on any atom is -0.493 e. The first-order chi connectivity index (χ1) is 9.26. The standard InChI is InChI=1S/C14H23N3O2.HI/c1-5-15-14(16-6-2)17-10-11-8-7-9-12(18-3)13(11)19-4;/h7-9H,5-6,10H2,1-4H3,(H2,15,16,17);1H. The zero-order valence-corrected chi connectivity index (χ0v) is 14.9. The summed E-state index contributed by atoms with van der Waals surface area (Å²) < 4.78 is 10.7. The van der Waals surface area contributed by atoms with E-state index < -0.39 is 0 Å². The summed E-state index contributed by atoms with van der Waals surface area (Å²) in [6.45, 7) is 6.29. The molecule has 0 amide bonds. The predicted molar refractivity (Wildman–Crippen MR) is 93.5 cm³/mol. The molecule has 1 rings (SSSR count). The van der Waals surface area contributed by atoms with Crippen molar-refractivity contribution in [3.63, 3.8) is 0 Å². The van der Waals surface area contributed by atoms with Crippen molar-refractivity contribution in [3.05, 3.63) is 23.8 Å². The molecule has 0 aliphatic heterocycles. The zero-order valence-electron chi connectivity index (χ0n) is 12.5. The smallest absolute Gasteiger partial charge is 0.191 e. The summed E-state index contributed by atoms with van der Waals surface area (Å²) >= 11 is 0. The van der Waals surface area contributed by atoms with Gasteiger partial charge >= 0.3 is 0 Å². The first-order valence-electron chi connectivity index (χ1n) is 6.48. The first kappa shape index (κ1) is 18.8. The molecule has 6 heteroatoms. The van der Waals surface area contributed by atoms with E-state index in [1.807, 2.05) is 32.0 Å². The van der Waals surface area contributed by atoms with Crippen LogP contribution in [-0.2, 0) is 6.54 Å². The van der Waals surface area contributed by atoms with Gasteiger partial charge in [-0.3, -0.25) is 0 Å². The molecule has 0 saturated carbocycles. The van der Waals surface area contributed by atoms with Crippen molar-refractivity contribution in [2.75, 3.05) is 27.3 Å². The summed E-state index contributed by atoms with van der Waals surface area (Å²) in [4.78, 5) is 4.52. The summed E-state index contributed by atoms with van der Waals surface area (Å²) in [6.07, 6.45) is 0. The van der Waals surface area contributed by atoms with Gasteiger partial charge < -0.3 is 20.1 Å². The van der Waals surface area contributed by atoms with Crippen LogP contribution in [0.25, 0.3) is 0 Å². The van der Waals surface area contributed by atoms with E-state index in [4.69, 9.17) is 9.47 Å². The van der Waals surface area contributed by atoms with Crippen molar-refractivity contribution in [2.24, 2.45) is 4.99 Å². The van der Waals surface area contributed by atoms with Crippen molar-refractivity contribution < 1.29 is 9.47 Å². The number of halogens is 1. The molecule has 20 heavy (non-hydrogen) atoms. The zero-order chi connectivity index (χ0) is 14.1. The van der Waals surface area contributed by atoms with Crippen molar-refractivity contribution in [1.82, 2.24) is 10.6 Å². The maximum Gasteiger partial charge on any atom is 0.191 e. The molecule has 2 N–H and O–H groups in total. The van der Waals surface area contributed by atoms with Crippen LogP contribution >= 0.6 is 24.0 Å². The Bertz CT molecular complexity index is 417. The van der Waals surface area contributed by atoms with Crippen LogP contribution in [0.2, 0.25) is 0 Å². The molecule has 0 aromatic heterocycles. The van der Waals surface area contributed by atoms with Gasteiger partial charge in [0.15, 0.2) is 17.5 Å². The quantitative estimate of drug-likeness (QED) is 0.443. The molecule has 0 spiro atoms. The third kappa shape index (κ3) is 5.44. The Hall–Kier alpha value is -1.18. The van der Waals surface area contributed by atoms with E-state index in [0.717, 1.165) is 36.1 Å². The number of nitrogens with zero attached hydrogens (tertiary/aromatic N) is 1. The number of nitrogens with one attached hydrogen (secondary N) is 2. The van der Waals surface area contributed by atoms with Crippen LogP contribution in [0.4, 0.5) is 0 Å². The van der Waals surface area contributed by atoms with Gasteiger partial charge in [-0.1, -0.05) is 12.1 Å².